The van der Waals surface area contributed by atoms with Crippen LogP contribution in [-0.4, -0.2) is 52.3 Å². The number of imide groups is 1. The van der Waals surface area contributed by atoms with Gasteiger partial charge in [0.25, 0.3) is 5.69 Å². The van der Waals surface area contributed by atoms with E-state index < -0.39 is 46.1 Å². The van der Waals surface area contributed by atoms with Crippen molar-refractivity contribution in [3.05, 3.63) is 106 Å². The number of carbonyl (C=O) groups excluding carboxylic acids is 2. The van der Waals surface area contributed by atoms with E-state index in [-0.39, 0.29) is 18.7 Å². The van der Waals surface area contributed by atoms with Crippen LogP contribution in [0.15, 0.2) is 78.9 Å². The van der Waals surface area contributed by atoms with Crippen LogP contribution in [0.4, 0.5) is 11.4 Å². The molecule has 2 amide bonds. The Bertz CT molecular complexity index is 1420. The van der Waals surface area contributed by atoms with Gasteiger partial charge in [-0.05, 0) is 28.8 Å². The average molecular weight is 529 g/mol. The van der Waals surface area contributed by atoms with Gasteiger partial charge in [-0.15, -0.1) is 0 Å². The molecular weight excluding hydrogens is 500 g/mol. The van der Waals surface area contributed by atoms with Crippen LogP contribution in [-0.2, 0) is 27.3 Å². The van der Waals surface area contributed by atoms with Crippen LogP contribution in [0.2, 0.25) is 0 Å². The lowest BCUT2D eigenvalue weighted by molar-refractivity contribution is -0.384. The average Bonchev–Trinajstić information content (AvgIpc) is 3.39. The predicted octanol–water partition coefficient (Wildman–Crippen LogP) is 3.17. The van der Waals surface area contributed by atoms with Crippen molar-refractivity contribution in [1.82, 2.24) is 10.2 Å². The number of carbonyl (C=O) groups is 3. The maximum Gasteiger partial charge on any atom is 0.325 e. The summed E-state index contributed by atoms with van der Waals surface area (Å²) in [6.45, 7) is 0.0467. The van der Waals surface area contributed by atoms with Gasteiger partial charge in [-0.2, -0.15) is 0 Å². The highest BCUT2D eigenvalue weighted by molar-refractivity contribution is 6.09. The molecule has 0 aliphatic carbocycles. The first-order valence-corrected chi connectivity index (χ1v) is 12.5. The Hall–Kier alpha value is -4.57. The third-order valence-electron chi connectivity index (χ3n) is 7.71. The van der Waals surface area contributed by atoms with E-state index in [0.717, 1.165) is 11.3 Å². The van der Waals surface area contributed by atoms with Crippen molar-refractivity contribution in [3.8, 4) is 0 Å². The molecule has 0 saturated carbocycles. The summed E-state index contributed by atoms with van der Waals surface area (Å²) < 4.78 is 0. The maximum atomic E-state index is 13.9. The molecule has 3 aromatic rings. The minimum atomic E-state index is -1.80. The van der Waals surface area contributed by atoms with E-state index in [2.05, 4.69) is 5.32 Å². The maximum absolute atomic E-state index is 13.9. The number of nitro groups is 1. The molecule has 2 fully saturated rings. The number of aliphatic carboxylic acids is 1. The van der Waals surface area contributed by atoms with Gasteiger partial charge in [0.1, 0.15) is 5.54 Å². The SMILES string of the molecule is CN(C)c1ccc(C2NC(Cc3ccc([N+](=O)[O-])cc3)(C(=O)O)C3C(=O)N(Cc4ccccc4)C(=O)C23)cc1. The molecule has 2 heterocycles. The smallest absolute Gasteiger partial charge is 0.325 e. The number of carboxylic acid groups (broad SMARTS) is 1. The van der Waals surface area contributed by atoms with Crippen molar-refractivity contribution < 1.29 is 24.4 Å². The highest BCUT2D eigenvalue weighted by atomic mass is 16.6. The van der Waals surface area contributed by atoms with Crippen LogP contribution < -0.4 is 10.2 Å². The zero-order chi connectivity index (χ0) is 27.9. The zero-order valence-electron chi connectivity index (χ0n) is 21.5. The fourth-order valence-electron chi connectivity index (χ4n) is 5.74. The van der Waals surface area contributed by atoms with Crippen LogP contribution in [0.5, 0.6) is 0 Å². The second-order valence-corrected chi connectivity index (χ2v) is 10.2. The molecule has 10 nitrogen and oxygen atoms in total. The van der Waals surface area contributed by atoms with Crippen molar-refractivity contribution in [3.63, 3.8) is 0 Å². The molecule has 2 aliphatic rings. The number of nitrogens with zero attached hydrogens (tertiary/aromatic N) is 3. The third kappa shape index (κ3) is 4.52. The quantitative estimate of drug-likeness (QED) is 0.259. The number of nitro benzene ring substituents is 1. The van der Waals surface area contributed by atoms with Crippen LogP contribution >= 0.6 is 0 Å². The van der Waals surface area contributed by atoms with E-state index >= 15 is 0 Å². The van der Waals surface area contributed by atoms with Gasteiger partial charge in [-0.1, -0.05) is 54.6 Å². The molecule has 0 radical (unpaired) electrons. The summed E-state index contributed by atoms with van der Waals surface area (Å²) in [7, 11) is 3.80. The van der Waals surface area contributed by atoms with Gasteiger partial charge >= 0.3 is 5.97 Å². The first kappa shape index (κ1) is 26.1. The Morgan fingerprint density at radius 2 is 1.62 bits per heavy atom. The first-order chi connectivity index (χ1) is 18.6. The second kappa shape index (κ2) is 9.95. The normalized spacial score (nSPS) is 24.1. The van der Waals surface area contributed by atoms with Crippen molar-refractivity contribution in [1.29, 1.82) is 0 Å². The molecular formula is C29H28N4O6. The van der Waals surface area contributed by atoms with Crippen molar-refractivity contribution in [2.45, 2.75) is 24.5 Å². The van der Waals surface area contributed by atoms with E-state index in [1.54, 1.807) is 0 Å². The lowest BCUT2D eigenvalue weighted by atomic mass is 9.76. The number of nitrogens with one attached hydrogen (secondary N) is 1. The molecule has 2 N–H and O–H groups in total. The van der Waals surface area contributed by atoms with E-state index in [1.165, 1.54) is 29.2 Å². The first-order valence-electron chi connectivity index (χ1n) is 12.5. The molecule has 5 rings (SSSR count). The number of hydrogen-bond acceptors (Lipinski definition) is 7. The monoisotopic (exact) mass is 528 g/mol. The van der Waals surface area contributed by atoms with Crippen molar-refractivity contribution in [2.24, 2.45) is 11.8 Å². The van der Waals surface area contributed by atoms with Crippen LogP contribution in [0, 0.1) is 22.0 Å². The summed E-state index contributed by atoms with van der Waals surface area (Å²) in [6.07, 6.45) is -0.133. The highest BCUT2D eigenvalue weighted by Crippen LogP contribution is 2.50. The number of carboxylic acids is 1. The minimum absolute atomic E-state index is 0.0467. The molecule has 10 heteroatoms. The molecule has 0 bridgehead atoms. The number of hydrogen-bond donors (Lipinski definition) is 2. The van der Waals surface area contributed by atoms with Gasteiger partial charge in [0.2, 0.25) is 11.8 Å². The summed E-state index contributed by atoms with van der Waals surface area (Å²) in [4.78, 5) is 54.4. The Kier molecular flexibility index (Phi) is 6.65. The van der Waals surface area contributed by atoms with Crippen molar-refractivity contribution in [2.75, 3.05) is 19.0 Å². The Balaban J connectivity index is 1.58. The molecule has 0 aromatic heterocycles. The van der Waals surface area contributed by atoms with Crippen LogP contribution in [0.3, 0.4) is 0 Å². The number of rotatable bonds is 8. The van der Waals surface area contributed by atoms with E-state index in [4.69, 9.17) is 0 Å². The van der Waals surface area contributed by atoms with Crippen LogP contribution in [0.25, 0.3) is 0 Å². The fraction of sp³-hybridized carbons (Fsp3) is 0.276. The van der Waals surface area contributed by atoms with E-state index in [1.807, 2.05) is 73.6 Å². The number of fused-ring (bicyclic) bond motifs is 1. The van der Waals surface area contributed by atoms with Gasteiger partial charge in [0.15, 0.2) is 0 Å². The summed E-state index contributed by atoms with van der Waals surface area (Å²) in [5, 5.41) is 24.9. The predicted molar refractivity (Wildman–Crippen MR) is 143 cm³/mol. The van der Waals surface area contributed by atoms with Crippen molar-refractivity contribution >= 4 is 29.2 Å². The molecule has 2 saturated heterocycles. The molecule has 0 spiro atoms. The summed E-state index contributed by atoms with van der Waals surface area (Å²) in [5.74, 6) is -4.32. The number of likely N-dealkylation sites (tertiary alicyclic amines) is 1. The number of amides is 2. The van der Waals surface area contributed by atoms with Crippen LogP contribution in [0.1, 0.15) is 22.7 Å². The Labute approximate surface area is 225 Å². The summed E-state index contributed by atoms with van der Waals surface area (Å²) in [6, 6.07) is 21.4. The largest absolute Gasteiger partial charge is 0.480 e. The summed E-state index contributed by atoms with van der Waals surface area (Å²) >= 11 is 0. The lowest BCUT2D eigenvalue weighted by Gasteiger charge is -2.31. The number of benzene rings is 3. The molecule has 2 aliphatic heterocycles. The van der Waals surface area contributed by atoms with E-state index in [9.17, 15) is 29.6 Å². The molecule has 4 unspecified atom stereocenters. The third-order valence-corrected chi connectivity index (χ3v) is 7.71. The highest BCUT2D eigenvalue weighted by Gasteiger charge is 2.68. The standard InChI is InChI=1S/C29H28N4O6/c1-31(2)21-14-10-20(11-15-21)25-23-24(27(35)32(26(23)34)17-19-6-4-3-5-7-19)29(30-25,28(36)37)16-18-8-12-22(13-9-18)33(38)39/h3-15,23-25,30H,16-17H2,1-2H3,(H,36,37). The number of non-ortho nitro benzene ring substituents is 1. The topological polar surface area (TPSA) is 133 Å². The molecule has 4 atom stereocenters. The Morgan fingerprint density at radius 1 is 0.974 bits per heavy atom. The van der Waals surface area contributed by atoms with Gasteiger partial charge < -0.3 is 10.0 Å². The minimum Gasteiger partial charge on any atom is -0.480 e. The Morgan fingerprint density at radius 3 is 2.18 bits per heavy atom. The van der Waals surface area contributed by atoms with Gasteiger partial charge in [0.05, 0.1) is 23.3 Å². The fourth-order valence-corrected chi connectivity index (χ4v) is 5.74. The molecule has 3 aromatic carbocycles. The second-order valence-electron chi connectivity index (χ2n) is 10.2. The molecule has 39 heavy (non-hydrogen) atoms. The van der Waals surface area contributed by atoms with E-state index in [0.29, 0.717) is 11.1 Å². The lowest BCUT2D eigenvalue weighted by Crippen LogP contribution is -2.57. The van der Waals surface area contributed by atoms with Gasteiger partial charge in [-0.25, -0.2) is 0 Å². The number of anilines is 1. The van der Waals surface area contributed by atoms with Gasteiger partial charge in [0, 0.05) is 44.4 Å². The van der Waals surface area contributed by atoms with Gasteiger partial charge in [-0.3, -0.25) is 34.7 Å². The molecule has 200 valence electrons. The summed E-state index contributed by atoms with van der Waals surface area (Å²) in [5.41, 5.74) is 0.966. The zero-order valence-corrected chi connectivity index (χ0v) is 21.5.